The van der Waals surface area contributed by atoms with Gasteiger partial charge in [-0.15, -0.1) is 0 Å². The number of nitrogens with two attached hydrogens (primary N) is 1. The smallest absolute Gasteiger partial charge is 0.290 e. The van der Waals surface area contributed by atoms with Crippen LogP contribution in [0.4, 0.5) is 11.6 Å². The van der Waals surface area contributed by atoms with E-state index in [4.69, 9.17) is 15.6 Å². The summed E-state index contributed by atoms with van der Waals surface area (Å²) in [5.41, 5.74) is 8.96. The first-order valence-electron chi connectivity index (χ1n) is 5.94. The molecule has 0 amide bonds. The fourth-order valence-corrected chi connectivity index (χ4v) is 1.76. The number of nitrogen functional groups attached to an aromatic ring is 1. The van der Waals surface area contributed by atoms with Crippen LogP contribution in [0.5, 0.6) is 0 Å². The molecule has 0 aromatic carbocycles. The van der Waals surface area contributed by atoms with Crippen molar-refractivity contribution in [2.75, 3.05) is 24.7 Å². The first-order valence-corrected chi connectivity index (χ1v) is 5.94. The molecule has 0 aliphatic rings. The summed E-state index contributed by atoms with van der Waals surface area (Å²) < 4.78 is 0. The molecule has 2 aromatic rings. The van der Waals surface area contributed by atoms with Crippen LogP contribution >= 0.6 is 0 Å². The van der Waals surface area contributed by atoms with E-state index in [1.165, 1.54) is 0 Å². The second kappa shape index (κ2) is 7.08. The van der Waals surface area contributed by atoms with Gasteiger partial charge in [-0.05, 0) is 30.7 Å². The molecule has 0 atom stereocenters. The zero-order chi connectivity index (χ0) is 15.1. The molecule has 3 N–H and O–H groups in total. The Kier molecular flexibility index (Phi) is 5.46. The standard InChI is InChI=1S/C13H16N4.CH2O2/c1-9-7-11(12(14)16-8-9)10-5-4-6-15-13(10)17(2)3;2-1-3/h4-8H,1-3H3,(H2,14,16);1H,(H,2,3). The molecule has 106 valence electrons. The van der Waals surface area contributed by atoms with Gasteiger partial charge in [-0.1, -0.05) is 0 Å². The summed E-state index contributed by atoms with van der Waals surface area (Å²) in [6.45, 7) is 1.75. The Bertz CT molecular complexity index is 585. The van der Waals surface area contributed by atoms with Crippen LogP contribution in [0, 0.1) is 6.92 Å². The summed E-state index contributed by atoms with van der Waals surface area (Å²) in [6, 6.07) is 5.95. The third-order valence-corrected chi connectivity index (χ3v) is 2.56. The van der Waals surface area contributed by atoms with E-state index in [0.29, 0.717) is 5.82 Å². The van der Waals surface area contributed by atoms with Crippen molar-refractivity contribution in [3.63, 3.8) is 0 Å². The van der Waals surface area contributed by atoms with Crippen molar-refractivity contribution < 1.29 is 9.90 Å². The molecule has 2 rings (SSSR count). The normalized spacial score (nSPS) is 9.35. The summed E-state index contributed by atoms with van der Waals surface area (Å²) >= 11 is 0. The monoisotopic (exact) mass is 274 g/mol. The first-order chi connectivity index (χ1) is 9.51. The highest BCUT2D eigenvalue weighted by molar-refractivity contribution is 5.82. The van der Waals surface area contributed by atoms with Crippen molar-refractivity contribution in [2.24, 2.45) is 0 Å². The average molecular weight is 274 g/mol. The summed E-state index contributed by atoms with van der Waals surface area (Å²) in [4.78, 5) is 18.9. The number of rotatable bonds is 2. The molecule has 0 saturated carbocycles. The molecular formula is C14H18N4O2. The minimum Gasteiger partial charge on any atom is -0.483 e. The summed E-state index contributed by atoms with van der Waals surface area (Å²) in [6.07, 6.45) is 3.54. The highest BCUT2D eigenvalue weighted by Crippen LogP contribution is 2.31. The first kappa shape index (κ1) is 15.4. The molecule has 6 nitrogen and oxygen atoms in total. The topological polar surface area (TPSA) is 92.3 Å². The SMILES string of the molecule is Cc1cnc(N)c(-c2cccnc2N(C)C)c1.O=CO. The van der Waals surface area contributed by atoms with Gasteiger partial charge in [0, 0.05) is 37.6 Å². The lowest BCUT2D eigenvalue weighted by molar-refractivity contribution is -0.122. The lowest BCUT2D eigenvalue weighted by Crippen LogP contribution is -2.12. The molecular weight excluding hydrogens is 256 g/mol. The van der Waals surface area contributed by atoms with E-state index in [1.54, 1.807) is 12.4 Å². The van der Waals surface area contributed by atoms with Crippen molar-refractivity contribution in [3.8, 4) is 11.1 Å². The number of carboxylic acid groups (broad SMARTS) is 1. The minimum atomic E-state index is -0.250. The summed E-state index contributed by atoms with van der Waals surface area (Å²) in [5, 5.41) is 6.89. The number of hydrogen-bond acceptors (Lipinski definition) is 5. The Morgan fingerprint density at radius 3 is 2.55 bits per heavy atom. The molecule has 2 heterocycles. The number of aryl methyl sites for hydroxylation is 1. The Morgan fingerprint density at radius 1 is 1.30 bits per heavy atom. The second-order valence-electron chi connectivity index (χ2n) is 4.32. The summed E-state index contributed by atoms with van der Waals surface area (Å²) in [7, 11) is 3.93. The van der Waals surface area contributed by atoms with Crippen molar-refractivity contribution in [1.29, 1.82) is 0 Å². The third kappa shape index (κ3) is 3.68. The Morgan fingerprint density at radius 2 is 1.95 bits per heavy atom. The third-order valence-electron chi connectivity index (χ3n) is 2.56. The molecule has 0 aliphatic heterocycles. The Labute approximate surface area is 117 Å². The molecule has 0 unspecified atom stereocenters. The number of anilines is 2. The van der Waals surface area contributed by atoms with Gasteiger partial charge in [-0.2, -0.15) is 0 Å². The lowest BCUT2D eigenvalue weighted by atomic mass is 10.1. The highest BCUT2D eigenvalue weighted by Gasteiger charge is 2.11. The van der Waals surface area contributed by atoms with Crippen LogP contribution in [0.25, 0.3) is 11.1 Å². The molecule has 0 saturated heterocycles. The number of carbonyl (C=O) groups is 1. The van der Waals surface area contributed by atoms with Crippen molar-refractivity contribution in [3.05, 3.63) is 36.2 Å². The van der Waals surface area contributed by atoms with Crippen LogP contribution in [-0.4, -0.2) is 35.6 Å². The molecule has 0 fully saturated rings. The van der Waals surface area contributed by atoms with Gasteiger partial charge in [0.2, 0.25) is 0 Å². The maximum absolute atomic E-state index is 8.36. The van der Waals surface area contributed by atoms with Crippen molar-refractivity contribution in [1.82, 2.24) is 9.97 Å². The molecule has 6 heteroatoms. The maximum Gasteiger partial charge on any atom is 0.290 e. The van der Waals surface area contributed by atoms with Gasteiger partial charge in [0.25, 0.3) is 6.47 Å². The number of nitrogens with zero attached hydrogens (tertiary/aromatic N) is 3. The van der Waals surface area contributed by atoms with Crippen LogP contribution in [-0.2, 0) is 4.79 Å². The molecule has 2 aromatic heterocycles. The summed E-state index contributed by atoms with van der Waals surface area (Å²) in [5.74, 6) is 1.43. The van der Waals surface area contributed by atoms with Crippen LogP contribution in [0.2, 0.25) is 0 Å². The van der Waals surface area contributed by atoms with Gasteiger partial charge in [-0.25, -0.2) is 9.97 Å². The van der Waals surface area contributed by atoms with E-state index in [0.717, 1.165) is 22.5 Å². The largest absolute Gasteiger partial charge is 0.483 e. The quantitative estimate of drug-likeness (QED) is 0.811. The molecule has 20 heavy (non-hydrogen) atoms. The Balaban J connectivity index is 0.000000612. The fraction of sp³-hybridized carbons (Fsp3) is 0.214. The predicted molar refractivity (Wildman–Crippen MR) is 79.6 cm³/mol. The number of hydrogen-bond donors (Lipinski definition) is 2. The lowest BCUT2D eigenvalue weighted by Gasteiger charge is -2.16. The zero-order valence-corrected chi connectivity index (χ0v) is 11.7. The van der Waals surface area contributed by atoms with Gasteiger partial charge >= 0.3 is 0 Å². The fourth-order valence-electron chi connectivity index (χ4n) is 1.76. The van der Waals surface area contributed by atoms with Gasteiger partial charge in [-0.3, -0.25) is 4.79 Å². The average Bonchev–Trinajstić information content (AvgIpc) is 2.42. The van der Waals surface area contributed by atoms with Gasteiger partial charge in [0.05, 0.1) is 0 Å². The van der Waals surface area contributed by atoms with Crippen LogP contribution in [0.15, 0.2) is 30.6 Å². The van der Waals surface area contributed by atoms with Crippen molar-refractivity contribution in [2.45, 2.75) is 6.92 Å². The molecule has 0 spiro atoms. The van der Waals surface area contributed by atoms with Crippen molar-refractivity contribution >= 4 is 18.1 Å². The van der Waals surface area contributed by atoms with Crippen LogP contribution in [0.1, 0.15) is 5.56 Å². The van der Waals surface area contributed by atoms with Gasteiger partial charge in [0.15, 0.2) is 0 Å². The second-order valence-corrected chi connectivity index (χ2v) is 4.32. The van der Waals surface area contributed by atoms with Crippen LogP contribution in [0.3, 0.4) is 0 Å². The molecule has 0 bridgehead atoms. The highest BCUT2D eigenvalue weighted by atomic mass is 16.3. The Hall–Kier alpha value is -2.63. The van der Waals surface area contributed by atoms with Gasteiger partial charge in [0.1, 0.15) is 11.6 Å². The molecule has 0 radical (unpaired) electrons. The van der Waals surface area contributed by atoms with E-state index in [1.807, 2.05) is 44.1 Å². The van der Waals surface area contributed by atoms with E-state index in [9.17, 15) is 0 Å². The maximum atomic E-state index is 8.36. The van der Waals surface area contributed by atoms with Gasteiger partial charge < -0.3 is 15.7 Å². The van der Waals surface area contributed by atoms with E-state index in [2.05, 4.69) is 9.97 Å². The van der Waals surface area contributed by atoms with E-state index in [-0.39, 0.29) is 6.47 Å². The van der Waals surface area contributed by atoms with E-state index < -0.39 is 0 Å². The molecule has 0 aliphatic carbocycles. The van der Waals surface area contributed by atoms with Crippen LogP contribution < -0.4 is 10.6 Å². The zero-order valence-electron chi connectivity index (χ0n) is 11.7. The number of pyridine rings is 2. The number of aromatic nitrogens is 2. The predicted octanol–water partition coefficient (Wildman–Crippen LogP) is 1.80. The van der Waals surface area contributed by atoms with E-state index >= 15 is 0 Å². The minimum absolute atomic E-state index is 0.250.